The molecule has 0 saturated heterocycles. The van der Waals surface area contributed by atoms with Gasteiger partial charge in [-0.15, -0.1) is 0 Å². The standard InChI is InChI=1S/C15H15F4NO2/c1-14(21,13-3-2-6-22-13)9-20-8-10-7-11(15(17,18)19)4-5-12(10)16/h2-7,20-21H,8-9H2,1H3. The first-order valence-corrected chi connectivity index (χ1v) is 6.53. The van der Waals surface area contributed by atoms with Gasteiger partial charge in [0.25, 0.3) is 0 Å². The van der Waals surface area contributed by atoms with Crippen LogP contribution in [0.1, 0.15) is 23.8 Å². The molecule has 0 bridgehead atoms. The number of alkyl halides is 3. The van der Waals surface area contributed by atoms with Crippen LogP contribution in [-0.2, 0) is 18.3 Å². The van der Waals surface area contributed by atoms with Gasteiger partial charge in [-0.05, 0) is 37.3 Å². The van der Waals surface area contributed by atoms with Gasteiger partial charge in [0.15, 0.2) is 0 Å². The van der Waals surface area contributed by atoms with Crippen LogP contribution in [0.4, 0.5) is 17.6 Å². The third-order valence-electron chi connectivity index (χ3n) is 3.21. The molecule has 0 aliphatic heterocycles. The van der Waals surface area contributed by atoms with Crippen LogP contribution in [0.3, 0.4) is 0 Å². The van der Waals surface area contributed by atoms with Crippen molar-refractivity contribution in [2.24, 2.45) is 0 Å². The highest BCUT2D eigenvalue weighted by Gasteiger charge is 2.31. The maximum Gasteiger partial charge on any atom is 0.416 e. The SMILES string of the molecule is CC(O)(CNCc1cc(C(F)(F)F)ccc1F)c1ccco1. The Morgan fingerprint density at radius 3 is 2.55 bits per heavy atom. The molecule has 2 N–H and O–H groups in total. The van der Waals surface area contributed by atoms with E-state index < -0.39 is 23.2 Å². The maximum atomic E-state index is 13.6. The molecule has 0 saturated carbocycles. The monoisotopic (exact) mass is 317 g/mol. The summed E-state index contributed by atoms with van der Waals surface area (Å²) in [5.74, 6) is -0.428. The Balaban J connectivity index is 2.03. The van der Waals surface area contributed by atoms with Crippen LogP contribution in [0.15, 0.2) is 41.0 Å². The Morgan fingerprint density at radius 2 is 1.95 bits per heavy atom. The van der Waals surface area contributed by atoms with Crippen molar-refractivity contribution in [1.82, 2.24) is 5.32 Å². The summed E-state index contributed by atoms with van der Waals surface area (Å²) >= 11 is 0. The summed E-state index contributed by atoms with van der Waals surface area (Å²) in [6, 6.07) is 5.41. The molecule has 1 aromatic heterocycles. The van der Waals surface area contributed by atoms with E-state index in [2.05, 4.69) is 5.32 Å². The number of nitrogens with one attached hydrogen (secondary N) is 1. The second-order valence-corrected chi connectivity index (χ2v) is 5.16. The van der Waals surface area contributed by atoms with Gasteiger partial charge in [0.1, 0.15) is 17.2 Å². The van der Waals surface area contributed by atoms with Gasteiger partial charge in [0.05, 0.1) is 11.8 Å². The number of aliphatic hydroxyl groups is 1. The molecule has 0 aliphatic rings. The smallest absolute Gasteiger partial charge is 0.416 e. The number of hydrogen-bond donors (Lipinski definition) is 2. The molecule has 1 aromatic carbocycles. The number of halogens is 4. The van der Waals surface area contributed by atoms with E-state index in [-0.39, 0.29) is 18.7 Å². The third kappa shape index (κ3) is 3.86. The van der Waals surface area contributed by atoms with E-state index in [0.717, 1.165) is 12.1 Å². The van der Waals surface area contributed by atoms with Crippen LogP contribution in [0, 0.1) is 5.82 Å². The first-order valence-electron chi connectivity index (χ1n) is 6.53. The average molecular weight is 317 g/mol. The van der Waals surface area contributed by atoms with Crippen LogP contribution >= 0.6 is 0 Å². The molecular weight excluding hydrogens is 302 g/mol. The van der Waals surface area contributed by atoms with Crippen molar-refractivity contribution in [3.05, 3.63) is 59.3 Å². The Bertz CT molecular complexity index is 621. The molecule has 7 heteroatoms. The minimum atomic E-state index is -4.53. The fourth-order valence-corrected chi connectivity index (χ4v) is 2.00. The van der Waals surface area contributed by atoms with Crippen LogP contribution < -0.4 is 5.32 Å². The van der Waals surface area contributed by atoms with E-state index >= 15 is 0 Å². The summed E-state index contributed by atoms with van der Waals surface area (Å²) in [6.07, 6.45) is -3.13. The van der Waals surface area contributed by atoms with Gasteiger partial charge >= 0.3 is 6.18 Å². The lowest BCUT2D eigenvalue weighted by Crippen LogP contribution is -2.35. The van der Waals surface area contributed by atoms with Crippen molar-refractivity contribution in [2.75, 3.05) is 6.54 Å². The van der Waals surface area contributed by atoms with Gasteiger partial charge in [0.2, 0.25) is 0 Å². The molecule has 2 aromatic rings. The fraction of sp³-hybridized carbons (Fsp3) is 0.333. The van der Waals surface area contributed by atoms with Gasteiger partial charge in [0, 0.05) is 18.7 Å². The number of furan rings is 1. The number of hydrogen-bond acceptors (Lipinski definition) is 3. The predicted molar refractivity (Wildman–Crippen MR) is 71.4 cm³/mol. The van der Waals surface area contributed by atoms with Crippen LogP contribution in [0.2, 0.25) is 0 Å². The highest BCUT2D eigenvalue weighted by atomic mass is 19.4. The van der Waals surface area contributed by atoms with E-state index in [1.54, 1.807) is 12.1 Å². The summed E-state index contributed by atoms with van der Waals surface area (Å²) in [7, 11) is 0. The molecule has 120 valence electrons. The van der Waals surface area contributed by atoms with E-state index in [9.17, 15) is 22.7 Å². The Morgan fingerprint density at radius 1 is 1.23 bits per heavy atom. The van der Waals surface area contributed by atoms with Gasteiger partial charge in [-0.2, -0.15) is 13.2 Å². The zero-order valence-corrected chi connectivity index (χ0v) is 11.7. The highest BCUT2D eigenvalue weighted by molar-refractivity contribution is 5.27. The van der Waals surface area contributed by atoms with Gasteiger partial charge in [-0.3, -0.25) is 0 Å². The molecule has 0 aliphatic carbocycles. The zero-order chi connectivity index (χ0) is 16.4. The Kier molecular flexibility index (Phi) is 4.58. The predicted octanol–water partition coefficient (Wildman–Crippen LogP) is 3.43. The van der Waals surface area contributed by atoms with E-state index in [4.69, 9.17) is 4.42 Å². The lowest BCUT2D eigenvalue weighted by Gasteiger charge is -2.21. The van der Waals surface area contributed by atoms with Crippen molar-refractivity contribution in [3.63, 3.8) is 0 Å². The topological polar surface area (TPSA) is 45.4 Å². The summed E-state index contributed by atoms with van der Waals surface area (Å²) in [4.78, 5) is 0. The molecule has 0 radical (unpaired) electrons. The van der Waals surface area contributed by atoms with Crippen molar-refractivity contribution in [3.8, 4) is 0 Å². The van der Waals surface area contributed by atoms with E-state index in [1.807, 2.05) is 0 Å². The molecule has 2 rings (SSSR count). The fourth-order valence-electron chi connectivity index (χ4n) is 2.00. The second kappa shape index (κ2) is 6.10. The first kappa shape index (κ1) is 16.5. The quantitative estimate of drug-likeness (QED) is 0.831. The number of rotatable bonds is 5. The van der Waals surface area contributed by atoms with E-state index in [0.29, 0.717) is 11.8 Å². The van der Waals surface area contributed by atoms with Crippen molar-refractivity contribution >= 4 is 0 Å². The summed E-state index contributed by atoms with van der Waals surface area (Å²) in [5.41, 5.74) is -2.38. The molecule has 1 unspecified atom stereocenters. The van der Waals surface area contributed by atoms with Crippen LogP contribution in [-0.4, -0.2) is 11.7 Å². The molecular formula is C15H15F4NO2. The minimum Gasteiger partial charge on any atom is -0.466 e. The Labute approximate surface area is 124 Å². The zero-order valence-electron chi connectivity index (χ0n) is 11.7. The van der Waals surface area contributed by atoms with Crippen molar-refractivity contribution < 1.29 is 27.1 Å². The lowest BCUT2D eigenvalue weighted by molar-refractivity contribution is -0.137. The second-order valence-electron chi connectivity index (χ2n) is 5.16. The molecule has 0 spiro atoms. The van der Waals surface area contributed by atoms with Gasteiger partial charge < -0.3 is 14.8 Å². The highest BCUT2D eigenvalue weighted by Crippen LogP contribution is 2.30. The lowest BCUT2D eigenvalue weighted by atomic mass is 10.0. The molecule has 3 nitrogen and oxygen atoms in total. The molecule has 0 amide bonds. The summed E-state index contributed by atoms with van der Waals surface area (Å²) in [5, 5.41) is 12.9. The Hall–Kier alpha value is -1.86. The first-order chi connectivity index (χ1) is 10.2. The van der Waals surface area contributed by atoms with Crippen molar-refractivity contribution in [2.45, 2.75) is 25.2 Å². The average Bonchev–Trinajstić information content (AvgIpc) is 2.94. The maximum absolute atomic E-state index is 13.6. The van der Waals surface area contributed by atoms with Crippen LogP contribution in [0.25, 0.3) is 0 Å². The molecule has 1 atom stereocenters. The molecule has 22 heavy (non-hydrogen) atoms. The summed E-state index contributed by atoms with van der Waals surface area (Å²) < 4.78 is 56.4. The van der Waals surface area contributed by atoms with Crippen molar-refractivity contribution in [1.29, 1.82) is 0 Å². The molecule has 1 heterocycles. The van der Waals surface area contributed by atoms with E-state index in [1.165, 1.54) is 13.2 Å². The van der Waals surface area contributed by atoms with Crippen LogP contribution in [0.5, 0.6) is 0 Å². The minimum absolute atomic E-state index is 0.00377. The molecule has 0 fully saturated rings. The number of benzene rings is 1. The largest absolute Gasteiger partial charge is 0.466 e. The normalized spacial score (nSPS) is 14.8. The van der Waals surface area contributed by atoms with Gasteiger partial charge in [-0.25, -0.2) is 4.39 Å². The summed E-state index contributed by atoms with van der Waals surface area (Å²) in [6.45, 7) is 1.34. The third-order valence-corrected chi connectivity index (χ3v) is 3.21. The van der Waals surface area contributed by atoms with Gasteiger partial charge in [-0.1, -0.05) is 0 Å².